The van der Waals surface area contributed by atoms with E-state index in [1.54, 1.807) is 23.4 Å². The molecule has 0 unspecified atom stereocenters. The van der Waals surface area contributed by atoms with Crippen molar-refractivity contribution in [1.82, 2.24) is 4.90 Å². The Kier molecular flexibility index (Phi) is 4.58. The summed E-state index contributed by atoms with van der Waals surface area (Å²) in [5.74, 6) is -0.0693. The van der Waals surface area contributed by atoms with Gasteiger partial charge in [0, 0.05) is 18.0 Å². The van der Waals surface area contributed by atoms with Crippen LogP contribution >= 0.6 is 11.3 Å². The summed E-state index contributed by atoms with van der Waals surface area (Å²) in [5.41, 5.74) is 2.89. The van der Waals surface area contributed by atoms with Gasteiger partial charge in [0.1, 0.15) is 0 Å². The molecule has 0 saturated carbocycles. The van der Waals surface area contributed by atoms with Crippen LogP contribution in [0.25, 0.3) is 0 Å². The summed E-state index contributed by atoms with van der Waals surface area (Å²) >= 11 is 1.32. The van der Waals surface area contributed by atoms with Crippen LogP contribution in [0.15, 0.2) is 35.7 Å². The second kappa shape index (κ2) is 6.22. The van der Waals surface area contributed by atoms with Gasteiger partial charge in [0.15, 0.2) is 5.78 Å². The van der Waals surface area contributed by atoms with Gasteiger partial charge in [-0.3, -0.25) is 9.59 Å². The number of amides is 1. The summed E-state index contributed by atoms with van der Waals surface area (Å²) in [5, 5.41) is 1.74. The van der Waals surface area contributed by atoms with Crippen LogP contribution in [-0.4, -0.2) is 23.6 Å². The average molecular weight is 301 g/mol. The number of thiophene rings is 1. The molecule has 0 aliphatic rings. The molecule has 1 aromatic heterocycles. The van der Waals surface area contributed by atoms with E-state index < -0.39 is 0 Å². The minimum atomic E-state index is -0.0550. The van der Waals surface area contributed by atoms with Crippen LogP contribution in [0.5, 0.6) is 0 Å². The topological polar surface area (TPSA) is 37.4 Å². The van der Waals surface area contributed by atoms with E-state index in [2.05, 4.69) is 0 Å². The molecule has 1 amide bonds. The summed E-state index contributed by atoms with van der Waals surface area (Å²) in [6, 6.07) is 9.83. The van der Waals surface area contributed by atoms with Crippen LogP contribution in [0.2, 0.25) is 0 Å². The van der Waals surface area contributed by atoms with E-state index in [1.807, 2.05) is 38.1 Å². The van der Waals surface area contributed by atoms with E-state index in [-0.39, 0.29) is 17.7 Å². The van der Waals surface area contributed by atoms with Crippen molar-refractivity contribution in [3.8, 4) is 0 Å². The maximum Gasteiger partial charge on any atom is 0.264 e. The van der Waals surface area contributed by atoms with Crippen LogP contribution in [0.1, 0.15) is 51.0 Å². The van der Waals surface area contributed by atoms with Gasteiger partial charge in [-0.2, -0.15) is 0 Å². The van der Waals surface area contributed by atoms with Gasteiger partial charge in [0.25, 0.3) is 5.91 Å². The smallest absolute Gasteiger partial charge is 0.264 e. The average Bonchev–Trinajstić information content (AvgIpc) is 2.96. The molecule has 0 N–H and O–H groups in total. The Morgan fingerprint density at radius 2 is 1.81 bits per heavy atom. The summed E-state index contributed by atoms with van der Waals surface area (Å²) < 4.78 is 0. The van der Waals surface area contributed by atoms with Crippen LogP contribution < -0.4 is 0 Å². The molecule has 0 aliphatic heterocycles. The lowest BCUT2D eigenvalue weighted by Crippen LogP contribution is -2.29. The number of hydrogen-bond donors (Lipinski definition) is 0. The molecule has 1 atom stereocenters. The minimum absolute atomic E-state index is 0.0130. The number of Topliss-reactive ketones (excluding diaryl/α,β-unsaturated/α-hetero) is 1. The molecule has 0 aliphatic carbocycles. The summed E-state index contributed by atoms with van der Waals surface area (Å²) in [6.45, 7) is 5.55. The van der Waals surface area contributed by atoms with Crippen LogP contribution in [0.3, 0.4) is 0 Å². The molecular weight excluding hydrogens is 282 g/mol. The highest BCUT2D eigenvalue weighted by Gasteiger charge is 2.20. The predicted molar refractivity (Wildman–Crippen MR) is 86.0 cm³/mol. The Labute approximate surface area is 129 Å². The molecule has 21 heavy (non-hydrogen) atoms. The second-order valence-electron chi connectivity index (χ2n) is 5.26. The van der Waals surface area contributed by atoms with E-state index in [4.69, 9.17) is 0 Å². The van der Waals surface area contributed by atoms with Crippen molar-refractivity contribution < 1.29 is 9.59 Å². The highest BCUT2D eigenvalue weighted by atomic mass is 32.1. The fourth-order valence-corrected chi connectivity index (χ4v) is 2.98. The van der Waals surface area contributed by atoms with Crippen LogP contribution in [-0.2, 0) is 0 Å². The van der Waals surface area contributed by atoms with E-state index in [9.17, 15) is 9.59 Å². The fourth-order valence-electron chi connectivity index (χ4n) is 2.05. The van der Waals surface area contributed by atoms with Crippen molar-refractivity contribution in [2.24, 2.45) is 0 Å². The Morgan fingerprint density at radius 3 is 2.33 bits per heavy atom. The van der Waals surface area contributed by atoms with Gasteiger partial charge in [-0.1, -0.05) is 29.8 Å². The molecule has 0 radical (unpaired) electrons. The third-order valence-electron chi connectivity index (χ3n) is 3.68. The van der Waals surface area contributed by atoms with Gasteiger partial charge in [0.05, 0.1) is 10.9 Å². The van der Waals surface area contributed by atoms with Crippen molar-refractivity contribution in [2.75, 3.05) is 7.05 Å². The maximum absolute atomic E-state index is 12.5. The number of nitrogens with zero attached hydrogens (tertiary/aromatic N) is 1. The molecule has 0 fully saturated rings. The molecule has 2 aromatic rings. The van der Waals surface area contributed by atoms with Gasteiger partial charge in [-0.15, -0.1) is 11.3 Å². The number of rotatable bonds is 4. The van der Waals surface area contributed by atoms with E-state index >= 15 is 0 Å². The fraction of sp³-hybridized carbons (Fsp3) is 0.294. The van der Waals surface area contributed by atoms with E-state index in [0.29, 0.717) is 10.4 Å². The summed E-state index contributed by atoms with van der Waals surface area (Å²) in [7, 11) is 1.79. The third kappa shape index (κ3) is 3.39. The highest BCUT2D eigenvalue weighted by molar-refractivity contribution is 7.12. The number of ketones is 1. The number of carbonyl (C=O) groups excluding carboxylic acids is 2. The molecular formula is C17H19NO2S. The zero-order valence-electron chi connectivity index (χ0n) is 12.7. The SMILES string of the molecule is CC(=O)c1csc(C(=O)N(C)[C@@H](C)c2ccc(C)cc2)c1. The zero-order chi connectivity index (χ0) is 15.6. The highest BCUT2D eigenvalue weighted by Crippen LogP contribution is 2.24. The standard InChI is InChI=1S/C17H19NO2S/c1-11-5-7-14(8-6-11)12(2)18(4)17(20)16-9-15(10-21-16)13(3)19/h5-10,12H,1-4H3/t12-/m0/s1. The maximum atomic E-state index is 12.5. The third-order valence-corrected chi connectivity index (χ3v) is 4.60. The van der Waals surface area contributed by atoms with E-state index in [1.165, 1.54) is 23.8 Å². The van der Waals surface area contributed by atoms with Crippen LogP contribution in [0, 0.1) is 6.92 Å². The molecule has 0 saturated heterocycles. The lowest BCUT2D eigenvalue weighted by molar-refractivity contribution is 0.0747. The molecule has 0 spiro atoms. The predicted octanol–water partition coefficient (Wildman–Crippen LogP) is 4.09. The monoisotopic (exact) mass is 301 g/mol. The van der Waals surface area contributed by atoms with Gasteiger partial charge in [0.2, 0.25) is 0 Å². The summed E-state index contributed by atoms with van der Waals surface area (Å²) in [4.78, 5) is 26.1. The zero-order valence-corrected chi connectivity index (χ0v) is 13.5. The van der Waals surface area contributed by atoms with Gasteiger partial charge in [-0.05, 0) is 32.4 Å². The molecule has 0 bridgehead atoms. The number of aryl methyl sites for hydroxylation is 1. The molecule has 1 aromatic carbocycles. The van der Waals surface area contributed by atoms with Crippen molar-refractivity contribution in [2.45, 2.75) is 26.8 Å². The molecule has 2 rings (SSSR count). The second-order valence-corrected chi connectivity index (χ2v) is 6.17. The van der Waals surface area contributed by atoms with Gasteiger partial charge >= 0.3 is 0 Å². The van der Waals surface area contributed by atoms with Gasteiger partial charge < -0.3 is 4.90 Å². The molecule has 110 valence electrons. The quantitative estimate of drug-likeness (QED) is 0.798. The first-order valence-corrected chi connectivity index (χ1v) is 7.71. The molecule has 1 heterocycles. The number of benzene rings is 1. The number of carbonyl (C=O) groups is 2. The van der Waals surface area contributed by atoms with Crippen molar-refractivity contribution >= 4 is 23.0 Å². The first kappa shape index (κ1) is 15.4. The number of hydrogen-bond acceptors (Lipinski definition) is 3. The minimum Gasteiger partial charge on any atom is -0.334 e. The lowest BCUT2D eigenvalue weighted by atomic mass is 10.1. The normalized spacial score (nSPS) is 12.0. The van der Waals surface area contributed by atoms with Crippen molar-refractivity contribution in [3.63, 3.8) is 0 Å². The molecule has 4 heteroatoms. The Balaban J connectivity index is 2.17. The van der Waals surface area contributed by atoms with E-state index in [0.717, 1.165) is 5.56 Å². The Morgan fingerprint density at radius 1 is 1.19 bits per heavy atom. The molecule has 3 nitrogen and oxygen atoms in total. The first-order valence-electron chi connectivity index (χ1n) is 6.83. The largest absolute Gasteiger partial charge is 0.334 e. The van der Waals surface area contributed by atoms with Crippen molar-refractivity contribution in [1.29, 1.82) is 0 Å². The van der Waals surface area contributed by atoms with Crippen LogP contribution in [0.4, 0.5) is 0 Å². The Hall–Kier alpha value is -1.94. The Bertz CT molecular complexity index is 658. The summed E-state index contributed by atoms with van der Waals surface area (Å²) in [6.07, 6.45) is 0. The van der Waals surface area contributed by atoms with Crippen molar-refractivity contribution in [3.05, 3.63) is 57.3 Å². The first-order chi connectivity index (χ1) is 9.90. The lowest BCUT2D eigenvalue weighted by Gasteiger charge is -2.25. The van der Waals surface area contributed by atoms with Gasteiger partial charge in [-0.25, -0.2) is 0 Å².